The van der Waals surface area contributed by atoms with Crippen LogP contribution in [0.3, 0.4) is 0 Å². The fraction of sp³-hybridized carbons (Fsp3) is 0.0645. The number of carbonyl (C=O) groups excluding carboxylic acids is 1. The topological polar surface area (TPSA) is 113 Å². The number of hydrogen-bond donors (Lipinski definition) is 2. The normalized spacial score (nSPS) is 11.7. The van der Waals surface area contributed by atoms with Crippen molar-refractivity contribution in [2.45, 2.75) is 14.7 Å². The second-order valence-electron chi connectivity index (χ2n) is 9.31. The van der Waals surface area contributed by atoms with Crippen molar-refractivity contribution in [3.8, 4) is 0 Å². The molecule has 0 aliphatic heterocycles. The minimum absolute atomic E-state index is 0.0464. The van der Waals surface area contributed by atoms with Crippen molar-refractivity contribution >= 4 is 65.6 Å². The number of rotatable bonds is 9. The monoisotopic (exact) mass is 617 g/mol. The maximum absolute atomic E-state index is 13.0. The van der Waals surface area contributed by atoms with Crippen molar-refractivity contribution in [2.24, 2.45) is 0 Å². The van der Waals surface area contributed by atoms with Crippen LogP contribution in [0, 0.1) is 0 Å². The molecule has 0 atom stereocenters. The second-order valence-corrected chi connectivity index (χ2v) is 13.8. The van der Waals surface area contributed by atoms with Crippen molar-refractivity contribution in [1.29, 1.82) is 0 Å². The Hall–Kier alpha value is -4.32. The molecular weight excluding hydrogens is 591 g/mol. The molecule has 11 heteroatoms. The molecular formula is C31H27N3O5S3. The lowest BCUT2D eigenvalue weighted by atomic mass is 10.1. The van der Waals surface area contributed by atoms with Gasteiger partial charge in [0.2, 0.25) is 0 Å². The summed E-state index contributed by atoms with van der Waals surface area (Å²) in [5, 5.41) is 4.44. The standard InChI is InChI=1S/C31H27N3O5S3/c1-34(42(38,39)28-20-16-26(40-2)17-21-28)25-14-10-23(11-15-25)31(35)32-24-12-18-27(19-13-24)41(36,37)33-30-9-5-7-22-6-3-4-8-29(22)30/h3-21,33H,1-2H3,(H,32,35). The van der Waals surface area contributed by atoms with Crippen LogP contribution in [-0.4, -0.2) is 36.0 Å². The summed E-state index contributed by atoms with van der Waals surface area (Å²) in [6.45, 7) is 0. The van der Waals surface area contributed by atoms with Crippen molar-refractivity contribution in [3.63, 3.8) is 0 Å². The van der Waals surface area contributed by atoms with Crippen LogP contribution >= 0.6 is 11.8 Å². The lowest BCUT2D eigenvalue weighted by Gasteiger charge is -2.20. The molecule has 0 aliphatic rings. The molecule has 0 unspecified atom stereocenters. The molecule has 5 aromatic carbocycles. The van der Waals surface area contributed by atoms with Gasteiger partial charge in [-0.3, -0.25) is 13.8 Å². The molecule has 0 fully saturated rings. The molecule has 0 aliphatic carbocycles. The molecule has 5 rings (SSSR count). The summed E-state index contributed by atoms with van der Waals surface area (Å²) >= 11 is 1.52. The summed E-state index contributed by atoms with van der Waals surface area (Å²) in [4.78, 5) is 14.0. The molecule has 1 amide bonds. The van der Waals surface area contributed by atoms with E-state index < -0.39 is 26.0 Å². The fourth-order valence-electron chi connectivity index (χ4n) is 4.31. The second kappa shape index (κ2) is 11.9. The van der Waals surface area contributed by atoms with Gasteiger partial charge in [0.05, 0.1) is 21.2 Å². The van der Waals surface area contributed by atoms with E-state index in [1.807, 2.05) is 36.6 Å². The van der Waals surface area contributed by atoms with E-state index in [1.165, 1.54) is 55.2 Å². The van der Waals surface area contributed by atoms with Gasteiger partial charge in [-0.2, -0.15) is 0 Å². The minimum Gasteiger partial charge on any atom is -0.322 e. The van der Waals surface area contributed by atoms with Crippen molar-refractivity contribution in [3.05, 3.63) is 121 Å². The number of benzene rings is 5. The number of carbonyl (C=O) groups is 1. The first-order valence-corrected chi connectivity index (χ1v) is 16.9. The van der Waals surface area contributed by atoms with E-state index in [4.69, 9.17) is 0 Å². The number of fused-ring (bicyclic) bond motifs is 1. The Kier molecular flexibility index (Phi) is 8.26. The smallest absolute Gasteiger partial charge is 0.264 e. The first-order chi connectivity index (χ1) is 20.1. The Bertz CT molecular complexity index is 1950. The molecule has 42 heavy (non-hydrogen) atoms. The van der Waals surface area contributed by atoms with Gasteiger partial charge in [0.25, 0.3) is 26.0 Å². The summed E-state index contributed by atoms with van der Waals surface area (Å²) in [6.07, 6.45) is 1.92. The first-order valence-electron chi connectivity index (χ1n) is 12.7. The van der Waals surface area contributed by atoms with Crippen LogP contribution in [0.5, 0.6) is 0 Å². The third-order valence-electron chi connectivity index (χ3n) is 6.67. The van der Waals surface area contributed by atoms with Crippen LogP contribution in [0.1, 0.15) is 10.4 Å². The third kappa shape index (κ3) is 6.13. The first kappa shape index (κ1) is 29.2. The number of thioether (sulfide) groups is 1. The quantitative estimate of drug-likeness (QED) is 0.184. The third-order valence-corrected chi connectivity index (χ3v) is 10.6. The molecule has 0 radical (unpaired) electrons. The highest BCUT2D eigenvalue weighted by Crippen LogP contribution is 2.27. The summed E-state index contributed by atoms with van der Waals surface area (Å²) < 4.78 is 55.9. The largest absolute Gasteiger partial charge is 0.322 e. The highest BCUT2D eigenvalue weighted by Gasteiger charge is 2.22. The summed E-state index contributed by atoms with van der Waals surface area (Å²) in [7, 11) is -6.19. The predicted molar refractivity (Wildman–Crippen MR) is 169 cm³/mol. The number of nitrogens with one attached hydrogen (secondary N) is 2. The number of nitrogens with zero attached hydrogens (tertiary/aromatic N) is 1. The zero-order valence-corrected chi connectivity index (χ0v) is 25.1. The number of amides is 1. The van der Waals surface area contributed by atoms with Gasteiger partial charge < -0.3 is 5.32 Å². The van der Waals surface area contributed by atoms with E-state index >= 15 is 0 Å². The van der Waals surface area contributed by atoms with Gasteiger partial charge in [0, 0.05) is 28.6 Å². The highest BCUT2D eigenvalue weighted by atomic mass is 32.2. The average Bonchev–Trinajstić information content (AvgIpc) is 3.01. The van der Waals surface area contributed by atoms with Crippen LogP contribution in [0.15, 0.2) is 130 Å². The number of hydrogen-bond acceptors (Lipinski definition) is 6. The van der Waals surface area contributed by atoms with Crippen LogP contribution in [0.2, 0.25) is 0 Å². The number of sulfonamides is 2. The summed E-state index contributed by atoms with van der Waals surface area (Å²) in [5.74, 6) is -0.427. The predicted octanol–water partition coefficient (Wildman–Crippen LogP) is 6.44. The zero-order chi connectivity index (χ0) is 29.9. The van der Waals surface area contributed by atoms with Gasteiger partial charge in [0.1, 0.15) is 0 Å². The van der Waals surface area contributed by atoms with Gasteiger partial charge in [-0.25, -0.2) is 16.8 Å². The highest BCUT2D eigenvalue weighted by molar-refractivity contribution is 7.98. The lowest BCUT2D eigenvalue weighted by molar-refractivity contribution is 0.102. The molecule has 0 aromatic heterocycles. The van der Waals surface area contributed by atoms with E-state index in [1.54, 1.807) is 48.5 Å². The molecule has 0 spiro atoms. The Balaban J connectivity index is 1.25. The van der Waals surface area contributed by atoms with Crippen molar-refractivity contribution in [2.75, 3.05) is 27.6 Å². The van der Waals surface area contributed by atoms with E-state index in [2.05, 4.69) is 10.0 Å². The summed E-state index contributed by atoms with van der Waals surface area (Å²) in [5.41, 5.74) is 1.58. The fourth-order valence-corrected chi connectivity index (χ4v) is 6.99. The number of anilines is 3. The average molecular weight is 618 g/mol. The zero-order valence-electron chi connectivity index (χ0n) is 22.7. The van der Waals surface area contributed by atoms with Crippen LogP contribution in [-0.2, 0) is 20.0 Å². The molecule has 214 valence electrons. The maximum atomic E-state index is 13.0. The van der Waals surface area contributed by atoms with Crippen LogP contribution in [0.25, 0.3) is 10.8 Å². The Morgan fingerprint density at radius 1 is 0.714 bits per heavy atom. The molecule has 5 aromatic rings. The van der Waals surface area contributed by atoms with Gasteiger partial charge in [-0.15, -0.1) is 11.8 Å². The van der Waals surface area contributed by atoms with E-state index in [-0.39, 0.29) is 9.79 Å². The summed E-state index contributed by atoms with van der Waals surface area (Å²) in [6, 6.07) is 31.5. The van der Waals surface area contributed by atoms with E-state index in [0.29, 0.717) is 22.6 Å². The van der Waals surface area contributed by atoms with Crippen molar-refractivity contribution in [1.82, 2.24) is 0 Å². The molecule has 8 nitrogen and oxygen atoms in total. The van der Waals surface area contributed by atoms with Crippen LogP contribution in [0.4, 0.5) is 17.1 Å². The molecule has 0 heterocycles. The van der Waals surface area contributed by atoms with Gasteiger partial charge >= 0.3 is 0 Å². The van der Waals surface area contributed by atoms with E-state index in [9.17, 15) is 21.6 Å². The molecule has 0 saturated carbocycles. The van der Waals surface area contributed by atoms with Gasteiger partial charge in [-0.1, -0.05) is 36.4 Å². The van der Waals surface area contributed by atoms with E-state index in [0.717, 1.165) is 20.0 Å². The van der Waals surface area contributed by atoms with Gasteiger partial charge in [0.15, 0.2) is 0 Å². The Morgan fingerprint density at radius 3 is 2.00 bits per heavy atom. The molecule has 0 saturated heterocycles. The lowest BCUT2D eigenvalue weighted by Crippen LogP contribution is -2.26. The SMILES string of the molecule is CSc1ccc(S(=O)(=O)N(C)c2ccc(C(=O)Nc3ccc(S(=O)(=O)Nc4cccc5ccccc45)cc3)cc2)cc1. The minimum atomic E-state index is -3.87. The van der Waals surface area contributed by atoms with Crippen molar-refractivity contribution < 1.29 is 21.6 Å². The van der Waals surface area contributed by atoms with Crippen LogP contribution < -0.4 is 14.3 Å². The molecule has 0 bridgehead atoms. The Morgan fingerprint density at radius 2 is 1.33 bits per heavy atom. The molecule has 2 N–H and O–H groups in total. The maximum Gasteiger partial charge on any atom is 0.264 e. The van der Waals surface area contributed by atoms with Gasteiger partial charge in [-0.05, 0) is 90.5 Å². The Labute approximate surface area is 249 Å².